The van der Waals surface area contributed by atoms with Crippen LogP contribution >= 0.6 is 0 Å². The summed E-state index contributed by atoms with van der Waals surface area (Å²) >= 11 is 0. The summed E-state index contributed by atoms with van der Waals surface area (Å²) in [5, 5.41) is -0.272. The second kappa shape index (κ2) is 8.96. The second-order valence-electron chi connectivity index (χ2n) is 8.19. The maximum atomic E-state index is 13.2. The van der Waals surface area contributed by atoms with Crippen LogP contribution < -0.4 is 9.47 Å². The van der Waals surface area contributed by atoms with Crippen LogP contribution in [0.15, 0.2) is 48.5 Å². The summed E-state index contributed by atoms with van der Waals surface area (Å²) in [6.07, 6.45) is 1.60. The average Bonchev–Trinajstić information content (AvgIpc) is 2.88. The van der Waals surface area contributed by atoms with Crippen molar-refractivity contribution in [2.75, 3.05) is 33.9 Å². The fourth-order valence-electron chi connectivity index (χ4n) is 4.63. The van der Waals surface area contributed by atoms with Crippen molar-refractivity contribution in [1.82, 2.24) is 9.21 Å². The molecule has 2 saturated heterocycles. The van der Waals surface area contributed by atoms with Crippen LogP contribution in [-0.2, 0) is 23.1 Å². The van der Waals surface area contributed by atoms with Crippen LogP contribution in [0.5, 0.6) is 11.5 Å². The first-order chi connectivity index (χ1) is 14.5. The number of sulfonamides is 1. The molecule has 2 aromatic rings. The van der Waals surface area contributed by atoms with E-state index in [0.717, 1.165) is 43.1 Å². The van der Waals surface area contributed by atoms with E-state index in [2.05, 4.69) is 17.0 Å². The summed E-state index contributed by atoms with van der Waals surface area (Å²) in [5.74, 6) is 1.84. The summed E-state index contributed by atoms with van der Waals surface area (Å²) in [6.45, 7) is 3.60. The standard InChI is InChI=1S/C23H30N2O4S/c1-28-21-8-6-18(7-9-21)16-25-17-20-10-12-24(13-11-23(20)30(25,26)27)15-19-4-3-5-22(14-19)29-2/h3-9,14,20,23H,10-13,15-17H2,1-2H3/t20-,23-/m1/s1. The largest absolute Gasteiger partial charge is 0.497 e. The van der Waals surface area contributed by atoms with Gasteiger partial charge >= 0.3 is 0 Å². The lowest BCUT2D eigenvalue weighted by atomic mass is 10.0. The minimum absolute atomic E-state index is 0.198. The zero-order valence-electron chi connectivity index (χ0n) is 17.7. The third-order valence-electron chi connectivity index (χ3n) is 6.31. The molecule has 162 valence electrons. The molecule has 0 bridgehead atoms. The predicted octanol–water partition coefficient (Wildman–Crippen LogP) is 3.13. The Morgan fingerprint density at radius 2 is 1.63 bits per heavy atom. The van der Waals surface area contributed by atoms with E-state index in [1.807, 2.05) is 36.4 Å². The van der Waals surface area contributed by atoms with Crippen molar-refractivity contribution in [1.29, 1.82) is 0 Å². The van der Waals surface area contributed by atoms with Crippen LogP contribution in [0.4, 0.5) is 0 Å². The Morgan fingerprint density at radius 3 is 2.37 bits per heavy atom. The molecule has 0 unspecified atom stereocenters. The number of ether oxygens (including phenoxy) is 2. The van der Waals surface area contributed by atoms with Gasteiger partial charge in [0.05, 0.1) is 19.5 Å². The number of likely N-dealkylation sites (tertiary alicyclic amines) is 1. The Morgan fingerprint density at radius 1 is 0.900 bits per heavy atom. The van der Waals surface area contributed by atoms with Crippen LogP contribution in [0.2, 0.25) is 0 Å². The molecule has 6 nitrogen and oxygen atoms in total. The Balaban J connectivity index is 1.40. The topological polar surface area (TPSA) is 59.1 Å². The molecule has 4 rings (SSSR count). The Kier molecular flexibility index (Phi) is 6.32. The Labute approximate surface area is 179 Å². The minimum atomic E-state index is -3.28. The molecule has 2 aliphatic rings. The lowest BCUT2D eigenvalue weighted by Crippen LogP contribution is -2.31. The first-order valence-electron chi connectivity index (χ1n) is 10.5. The second-order valence-corrected chi connectivity index (χ2v) is 10.3. The number of benzene rings is 2. The van der Waals surface area contributed by atoms with E-state index in [1.165, 1.54) is 5.56 Å². The first-order valence-corrected chi connectivity index (χ1v) is 12.0. The van der Waals surface area contributed by atoms with Gasteiger partial charge in [0.2, 0.25) is 10.0 Å². The zero-order chi connectivity index (χ0) is 21.1. The van der Waals surface area contributed by atoms with Crippen molar-refractivity contribution in [2.45, 2.75) is 31.2 Å². The van der Waals surface area contributed by atoms with Crippen molar-refractivity contribution < 1.29 is 17.9 Å². The highest BCUT2D eigenvalue weighted by atomic mass is 32.2. The van der Waals surface area contributed by atoms with E-state index >= 15 is 0 Å². The number of nitrogens with zero attached hydrogens (tertiary/aromatic N) is 2. The van der Waals surface area contributed by atoms with Gasteiger partial charge in [-0.15, -0.1) is 0 Å². The summed E-state index contributed by atoms with van der Waals surface area (Å²) in [7, 11) is 0.0288. The molecule has 2 aromatic carbocycles. The van der Waals surface area contributed by atoms with Gasteiger partial charge in [-0.2, -0.15) is 4.31 Å². The molecule has 0 aliphatic carbocycles. The molecule has 7 heteroatoms. The maximum Gasteiger partial charge on any atom is 0.217 e. The normalized spacial score (nSPS) is 24.2. The third-order valence-corrected chi connectivity index (χ3v) is 8.69. The molecule has 0 spiro atoms. The number of hydrogen-bond donors (Lipinski definition) is 0. The molecular weight excluding hydrogens is 400 g/mol. The summed E-state index contributed by atoms with van der Waals surface area (Å²) in [5.41, 5.74) is 2.20. The van der Waals surface area contributed by atoms with Crippen molar-refractivity contribution >= 4 is 10.0 Å². The molecular formula is C23H30N2O4S. The van der Waals surface area contributed by atoms with Crippen molar-refractivity contribution in [3.63, 3.8) is 0 Å². The fraction of sp³-hybridized carbons (Fsp3) is 0.478. The summed E-state index contributed by atoms with van der Waals surface area (Å²) in [4.78, 5) is 2.37. The number of rotatable bonds is 6. The average molecular weight is 431 g/mol. The molecule has 2 fully saturated rings. The van der Waals surface area contributed by atoms with Crippen LogP contribution in [0.25, 0.3) is 0 Å². The fourth-order valence-corrected chi connectivity index (χ4v) is 6.85. The highest BCUT2D eigenvalue weighted by Gasteiger charge is 2.46. The van der Waals surface area contributed by atoms with Crippen molar-refractivity contribution in [3.05, 3.63) is 59.7 Å². The highest BCUT2D eigenvalue weighted by molar-refractivity contribution is 7.90. The lowest BCUT2D eigenvalue weighted by molar-refractivity contribution is 0.266. The number of hydrogen-bond acceptors (Lipinski definition) is 5. The molecule has 0 aromatic heterocycles. The molecule has 0 radical (unpaired) electrons. The van der Waals surface area contributed by atoms with Gasteiger partial charge in [0.15, 0.2) is 0 Å². The van der Waals surface area contributed by atoms with E-state index in [1.54, 1.807) is 18.5 Å². The molecule has 2 heterocycles. The first kappa shape index (κ1) is 21.2. The third kappa shape index (κ3) is 4.48. The smallest absolute Gasteiger partial charge is 0.217 e. The zero-order valence-corrected chi connectivity index (χ0v) is 18.5. The quantitative estimate of drug-likeness (QED) is 0.705. The maximum absolute atomic E-state index is 13.2. The van der Waals surface area contributed by atoms with Crippen molar-refractivity contribution in [2.24, 2.45) is 5.92 Å². The van der Waals surface area contributed by atoms with Gasteiger partial charge in [-0.1, -0.05) is 24.3 Å². The Hall–Kier alpha value is -2.09. The molecule has 0 saturated carbocycles. The minimum Gasteiger partial charge on any atom is -0.497 e. The van der Waals surface area contributed by atoms with Crippen LogP contribution in [0.3, 0.4) is 0 Å². The van der Waals surface area contributed by atoms with E-state index in [4.69, 9.17) is 9.47 Å². The Bertz CT molecular complexity index is 961. The van der Waals surface area contributed by atoms with Gasteiger partial charge in [-0.05, 0) is 67.2 Å². The molecule has 2 atom stereocenters. The van der Waals surface area contributed by atoms with Gasteiger partial charge in [-0.25, -0.2) is 8.42 Å². The van der Waals surface area contributed by atoms with Crippen LogP contribution in [0, 0.1) is 5.92 Å². The lowest BCUT2D eigenvalue weighted by Gasteiger charge is -2.22. The van der Waals surface area contributed by atoms with Crippen LogP contribution in [0.1, 0.15) is 24.0 Å². The van der Waals surface area contributed by atoms with E-state index < -0.39 is 10.0 Å². The summed E-state index contributed by atoms with van der Waals surface area (Å²) in [6, 6.07) is 15.7. The number of methoxy groups -OCH3 is 2. The highest BCUT2D eigenvalue weighted by Crippen LogP contribution is 2.35. The van der Waals surface area contributed by atoms with Crippen LogP contribution in [-0.4, -0.2) is 56.7 Å². The van der Waals surface area contributed by atoms with Gasteiger partial charge < -0.3 is 9.47 Å². The molecule has 30 heavy (non-hydrogen) atoms. The van der Waals surface area contributed by atoms with Crippen molar-refractivity contribution in [3.8, 4) is 11.5 Å². The molecule has 2 aliphatic heterocycles. The monoisotopic (exact) mass is 430 g/mol. The molecule has 0 amide bonds. The van der Waals surface area contributed by atoms with Gasteiger partial charge in [0.25, 0.3) is 0 Å². The SMILES string of the molecule is COc1ccc(CN2C[C@H]3CCN(Cc4cccc(OC)c4)CC[C@H]3S2(=O)=O)cc1. The predicted molar refractivity (Wildman–Crippen MR) is 117 cm³/mol. The summed E-state index contributed by atoms with van der Waals surface area (Å²) < 4.78 is 38.6. The van der Waals surface area contributed by atoms with Gasteiger partial charge in [-0.3, -0.25) is 4.90 Å². The molecule has 0 N–H and O–H groups in total. The number of fused-ring (bicyclic) bond motifs is 1. The van der Waals surface area contributed by atoms with E-state index in [0.29, 0.717) is 19.5 Å². The van der Waals surface area contributed by atoms with E-state index in [9.17, 15) is 8.42 Å². The van der Waals surface area contributed by atoms with Gasteiger partial charge in [0, 0.05) is 19.6 Å². The van der Waals surface area contributed by atoms with Gasteiger partial charge in [0.1, 0.15) is 11.5 Å². The van der Waals surface area contributed by atoms with E-state index in [-0.39, 0.29) is 11.2 Å².